The van der Waals surface area contributed by atoms with Crippen LogP contribution in [0.1, 0.15) is 28.2 Å². The smallest absolute Gasteiger partial charge is 0.338 e. The molecule has 0 saturated carbocycles. The van der Waals surface area contributed by atoms with Crippen molar-refractivity contribution in [2.45, 2.75) is 30.9 Å². The number of nitrogens with one attached hydrogen (secondary N) is 1. The number of hydrogen-bond donors (Lipinski definition) is 1. The van der Waals surface area contributed by atoms with Gasteiger partial charge in [-0.25, -0.2) is 22.9 Å². The third kappa shape index (κ3) is 2.71. The first-order valence-corrected chi connectivity index (χ1v) is 9.31. The second kappa shape index (κ2) is 5.71. The Morgan fingerprint density at radius 3 is 3.12 bits per heavy atom. The highest BCUT2D eigenvalue weighted by Crippen LogP contribution is 2.24. The zero-order chi connectivity index (χ0) is 16.7. The highest BCUT2D eigenvalue weighted by Gasteiger charge is 2.26. The third-order valence-electron chi connectivity index (χ3n) is 4.57. The molecule has 24 heavy (non-hydrogen) atoms. The van der Waals surface area contributed by atoms with Gasteiger partial charge in [-0.2, -0.15) is 0 Å². The summed E-state index contributed by atoms with van der Waals surface area (Å²) in [5, 5.41) is 0. The Balaban J connectivity index is 1.46. The molecule has 0 saturated heterocycles. The molecule has 4 rings (SSSR count). The molecule has 0 amide bonds. The molecule has 2 aliphatic rings. The zero-order valence-electron chi connectivity index (χ0n) is 12.9. The second-order valence-corrected chi connectivity index (χ2v) is 7.91. The van der Waals surface area contributed by atoms with Crippen molar-refractivity contribution in [2.75, 3.05) is 6.54 Å². The number of aromatic nitrogens is 2. The molecule has 1 atom stereocenters. The van der Waals surface area contributed by atoms with Crippen LogP contribution in [-0.4, -0.2) is 30.5 Å². The number of hydrogen-bond acceptors (Lipinski definition) is 5. The molecule has 2 aliphatic heterocycles. The predicted molar refractivity (Wildman–Crippen MR) is 84.8 cm³/mol. The lowest BCUT2D eigenvalue weighted by Gasteiger charge is -2.23. The summed E-state index contributed by atoms with van der Waals surface area (Å²) in [5.74, 6) is 0.800. The van der Waals surface area contributed by atoms with Crippen LogP contribution >= 0.6 is 0 Å². The van der Waals surface area contributed by atoms with Crippen molar-refractivity contribution in [1.29, 1.82) is 0 Å². The number of fused-ring (bicyclic) bond motifs is 2. The van der Waals surface area contributed by atoms with Crippen molar-refractivity contribution >= 4 is 16.0 Å². The van der Waals surface area contributed by atoms with Crippen LogP contribution in [0, 0.1) is 5.92 Å². The molecule has 0 radical (unpaired) electrons. The van der Waals surface area contributed by atoms with Crippen LogP contribution < -0.4 is 4.72 Å². The maximum absolute atomic E-state index is 12.5. The first-order chi connectivity index (χ1) is 11.5. The fraction of sp³-hybridized carbons (Fsp3) is 0.375. The lowest BCUT2D eigenvalue weighted by molar-refractivity contribution is 0.0535. The number of sulfonamides is 1. The van der Waals surface area contributed by atoms with Gasteiger partial charge in [0.15, 0.2) is 0 Å². The number of carbonyl (C=O) groups excluding carboxylic acids is 1. The number of nitrogens with zero attached hydrogens (tertiary/aromatic N) is 2. The molecule has 0 spiro atoms. The Kier molecular flexibility index (Phi) is 3.65. The van der Waals surface area contributed by atoms with Gasteiger partial charge in [-0.15, -0.1) is 0 Å². The van der Waals surface area contributed by atoms with Gasteiger partial charge < -0.3 is 9.30 Å². The van der Waals surface area contributed by atoms with Crippen molar-refractivity contribution < 1.29 is 17.9 Å². The number of cyclic esters (lactones) is 1. The minimum absolute atomic E-state index is 0.0965. The second-order valence-electron chi connectivity index (χ2n) is 6.15. The summed E-state index contributed by atoms with van der Waals surface area (Å²) in [6.45, 7) is 1.33. The van der Waals surface area contributed by atoms with Crippen molar-refractivity contribution in [3.05, 3.63) is 47.5 Å². The van der Waals surface area contributed by atoms with E-state index in [1.807, 2.05) is 6.20 Å². The average Bonchev–Trinajstić information content (AvgIpc) is 3.19. The topological polar surface area (TPSA) is 90.3 Å². The normalized spacial score (nSPS) is 19.7. The molecule has 1 aromatic heterocycles. The van der Waals surface area contributed by atoms with E-state index in [0.29, 0.717) is 12.1 Å². The standard InChI is InChI=1S/C16H17N3O4S/c20-16-14-7-13(3-2-12(14)10-23-16)24(21,22)18-8-11-1-4-15-17-5-6-19(15)9-11/h2-3,5-7,11,18H,1,4,8-10H2/t11-/m1/s1. The molecular weight excluding hydrogens is 330 g/mol. The number of esters is 1. The van der Waals surface area contributed by atoms with Crippen molar-refractivity contribution in [2.24, 2.45) is 5.92 Å². The molecular formula is C16H17N3O4S. The Hall–Kier alpha value is -2.19. The van der Waals surface area contributed by atoms with E-state index in [1.165, 1.54) is 12.1 Å². The summed E-state index contributed by atoms with van der Waals surface area (Å²) < 4.78 is 34.6. The highest BCUT2D eigenvalue weighted by atomic mass is 32.2. The molecule has 1 aromatic carbocycles. The fourth-order valence-corrected chi connectivity index (χ4v) is 4.32. The van der Waals surface area contributed by atoms with Crippen LogP contribution in [-0.2, 0) is 34.3 Å². The largest absolute Gasteiger partial charge is 0.457 e. The Morgan fingerprint density at radius 1 is 1.38 bits per heavy atom. The summed E-state index contributed by atoms with van der Waals surface area (Å²) >= 11 is 0. The fourth-order valence-electron chi connectivity index (χ4n) is 3.17. The van der Waals surface area contributed by atoms with Gasteiger partial charge in [0.25, 0.3) is 0 Å². The molecule has 126 valence electrons. The van der Waals surface area contributed by atoms with E-state index in [9.17, 15) is 13.2 Å². The molecule has 0 unspecified atom stereocenters. The lowest BCUT2D eigenvalue weighted by atomic mass is 10.00. The van der Waals surface area contributed by atoms with Crippen LogP contribution in [0.5, 0.6) is 0 Å². The van der Waals surface area contributed by atoms with Crippen LogP contribution in [0.15, 0.2) is 35.5 Å². The number of carbonyl (C=O) groups is 1. The SMILES string of the molecule is O=C1OCc2ccc(S(=O)(=O)NC[C@H]3CCc4nccn4C3)cc21. The van der Waals surface area contributed by atoms with Gasteiger partial charge in [-0.05, 0) is 24.5 Å². The molecule has 7 nitrogen and oxygen atoms in total. The summed E-state index contributed by atoms with van der Waals surface area (Å²) in [7, 11) is -3.65. The minimum atomic E-state index is -3.65. The zero-order valence-corrected chi connectivity index (χ0v) is 13.8. The molecule has 0 bridgehead atoms. The Bertz CT molecular complexity index is 904. The number of benzene rings is 1. The van der Waals surface area contributed by atoms with Gasteiger partial charge in [0.2, 0.25) is 10.0 Å². The third-order valence-corrected chi connectivity index (χ3v) is 5.99. The van der Waals surface area contributed by atoms with Gasteiger partial charge in [-0.3, -0.25) is 0 Å². The van der Waals surface area contributed by atoms with Gasteiger partial charge in [0, 0.05) is 37.5 Å². The number of aryl methyl sites for hydroxylation is 1. The van der Waals surface area contributed by atoms with E-state index < -0.39 is 16.0 Å². The van der Waals surface area contributed by atoms with Crippen molar-refractivity contribution in [3.63, 3.8) is 0 Å². The summed E-state index contributed by atoms with van der Waals surface area (Å²) in [6, 6.07) is 4.53. The monoisotopic (exact) mass is 347 g/mol. The van der Waals surface area contributed by atoms with Gasteiger partial charge >= 0.3 is 5.97 Å². The van der Waals surface area contributed by atoms with E-state index in [4.69, 9.17) is 4.74 Å². The molecule has 0 aliphatic carbocycles. The summed E-state index contributed by atoms with van der Waals surface area (Å²) in [6.07, 6.45) is 5.44. The molecule has 3 heterocycles. The summed E-state index contributed by atoms with van der Waals surface area (Å²) in [5.41, 5.74) is 1.05. The maximum atomic E-state index is 12.5. The van der Waals surface area contributed by atoms with Crippen LogP contribution in [0.4, 0.5) is 0 Å². The maximum Gasteiger partial charge on any atom is 0.338 e. The number of rotatable bonds is 4. The van der Waals surface area contributed by atoms with Crippen LogP contribution in [0.25, 0.3) is 0 Å². The van der Waals surface area contributed by atoms with E-state index in [0.717, 1.165) is 30.8 Å². The lowest BCUT2D eigenvalue weighted by Crippen LogP contribution is -2.33. The molecule has 1 N–H and O–H groups in total. The summed E-state index contributed by atoms with van der Waals surface area (Å²) in [4.78, 5) is 16.0. The first kappa shape index (κ1) is 15.3. The molecule has 0 fully saturated rings. The highest BCUT2D eigenvalue weighted by molar-refractivity contribution is 7.89. The number of ether oxygens (including phenoxy) is 1. The van der Waals surface area contributed by atoms with Gasteiger partial charge in [0.1, 0.15) is 12.4 Å². The average molecular weight is 347 g/mol. The van der Waals surface area contributed by atoms with Gasteiger partial charge in [-0.1, -0.05) is 6.07 Å². The Labute approximate surface area is 139 Å². The molecule has 8 heteroatoms. The van der Waals surface area contributed by atoms with Crippen molar-refractivity contribution in [1.82, 2.24) is 14.3 Å². The first-order valence-electron chi connectivity index (χ1n) is 7.83. The van der Waals surface area contributed by atoms with Crippen LogP contribution in [0.3, 0.4) is 0 Å². The number of imidazole rings is 1. The van der Waals surface area contributed by atoms with Crippen LogP contribution in [0.2, 0.25) is 0 Å². The van der Waals surface area contributed by atoms with E-state index in [-0.39, 0.29) is 17.4 Å². The quantitative estimate of drug-likeness (QED) is 0.836. The predicted octanol–water partition coefficient (Wildman–Crippen LogP) is 1.09. The van der Waals surface area contributed by atoms with Gasteiger partial charge in [0.05, 0.1) is 10.5 Å². The minimum Gasteiger partial charge on any atom is -0.457 e. The van der Waals surface area contributed by atoms with E-state index >= 15 is 0 Å². The Morgan fingerprint density at radius 2 is 2.25 bits per heavy atom. The molecule has 2 aromatic rings. The van der Waals surface area contributed by atoms with E-state index in [2.05, 4.69) is 14.3 Å². The van der Waals surface area contributed by atoms with Crippen molar-refractivity contribution in [3.8, 4) is 0 Å². The van der Waals surface area contributed by atoms with E-state index in [1.54, 1.807) is 12.3 Å².